The van der Waals surface area contributed by atoms with E-state index in [1.807, 2.05) is 25.1 Å². The topological polar surface area (TPSA) is 71.0 Å². The summed E-state index contributed by atoms with van der Waals surface area (Å²) in [5.41, 5.74) is 1.36. The molecular weight excluding hydrogens is 278 g/mol. The lowest BCUT2D eigenvalue weighted by molar-refractivity contribution is 0.0927. The Morgan fingerprint density at radius 1 is 1.36 bits per heavy atom. The Bertz CT molecular complexity index is 646. The predicted molar refractivity (Wildman–Crippen MR) is 83.7 cm³/mol. The van der Waals surface area contributed by atoms with Gasteiger partial charge in [-0.25, -0.2) is 9.97 Å². The molecule has 1 aliphatic heterocycles. The van der Waals surface area contributed by atoms with Gasteiger partial charge in [0.05, 0.1) is 6.20 Å². The molecule has 3 heterocycles. The zero-order chi connectivity index (χ0) is 15.4. The van der Waals surface area contributed by atoms with Crippen molar-refractivity contribution in [2.75, 3.05) is 18.0 Å². The molecule has 0 saturated carbocycles. The zero-order valence-corrected chi connectivity index (χ0v) is 12.6. The fraction of sp³-hybridized carbons (Fsp3) is 0.375. The fourth-order valence-electron chi connectivity index (χ4n) is 2.68. The van der Waals surface area contributed by atoms with E-state index in [-0.39, 0.29) is 11.9 Å². The summed E-state index contributed by atoms with van der Waals surface area (Å²) in [6, 6.07) is 6.12. The zero-order valence-electron chi connectivity index (χ0n) is 12.6. The maximum atomic E-state index is 12.2. The van der Waals surface area contributed by atoms with Crippen LogP contribution < -0.4 is 10.2 Å². The Balaban J connectivity index is 1.65. The second kappa shape index (κ2) is 6.51. The average molecular weight is 297 g/mol. The fourth-order valence-corrected chi connectivity index (χ4v) is 2.68. The van der Waals surface area contributed by atoms with Gasteiger partial charge in [-0.15, -0.1) is 0 Å². The third-order valence-electron chi connectivity index (χ3n) is 3.75. The van der Waals surface area contributed by atoms with E-state index < -0.39 is 0 Å². The molecular formula is C16H19N5O. The van der Waals surface area contributed by atoms with Crippen molar-refractivity contribution in [2.45, 2.75) is 25.8 Å². The normalized spacial score (nSPS) is 18.0. The number of nitrogens with one attached hydrogen (secondary N) is 1. The summed E-state index contributed by atoms with van der Waals surface area (Å²) in [6.07, 6.45) is 6.56. The van der Waals surface area contributed by atoms with Crippen LogP contribution in [0.1, 0.15) is 29.0 Å². The monoisotopic (exact) mass is 297 g/mol. The van der Waals surface area contributed by atoms with Gasteiger partial charge in [0.1, 0.15) is 11.5 Å². The third-order valence-corrected chi connectivity index (χ3v) is 3.75. The minimum absolute atomic E-state index is 0.102. The first-order chi connectivity index (χ1) is 10.7. The summed E-state index contributed by atoms with van der Waals surface area (Å²) in [6.45, 7) is 3.72. The van der Waals surface area contributed by atoms with Crippen LogP contribution in [0.15, 0.2) is 36.8 Å². The molecule has 0 spiro atoms. The maximum Gasteiger partial charge on any atom is 0.271 e. The molecule has 1 aliphatic rings. The summed E-state index contributed by atoms with van der Waals surface area (Å²) in [5.74, 6) is 0.801. The van der Waals surface area contributed by atoms with Gasteiger partial charge in [-0.3, -0.25) is 9.78 Å². The van der Waals surface area contributed by atoms with Gasteiger partial charge >= 0.3 is 0 Å². The van der Waals surface area contributed by atoms with Crippen molar-refractivity contribution >= 4 is 11.7 Å². The number of carbonyl (C=O) groups is 1. The Morgan fingerprint density at radius 3 is 3.05 bits per heavy atom. The number of pyridine rings is 1. The van der Waals surface area contributed by atoms with Crippen LogP contribution in [0.4, 0.5) is 5.82 Å². The average Bonchev–Trinajstić information content (AvgIpc) is 2.56. The molecule has 2 aromatic heterocycles. The molecule has 0 bridgehead atoms. The smallest absolute Gasteiger partial charge is 0.271 e. The van der Waals surface area contributed by atoms with Crippen molar-refractivity contribution < 1.29 is 4.79 Å². The first kappa shape index (κ1) is 14.4. The standard InChI is InChI=1S/C16H19N5O/c1-12-4-2-6-15(19-12)21-9-3-5-13(11-21)20-16(22)14-10-17-7-8-18-14/h2,4,6-8,10,13H,3,5,9,11H2,1H3,(H,20,22)/t13-/m0/s1. The van der Waals surface area contributed by atoms with Crippen molar-refractivity contribution in [1.29, 1.82) is 0 Å². The van der Waals surface area contributed by atoms with Crippen LogP contribution in [0.5, 0.6) is 0 Å². The lowest BCUT2D eigenvalue weighted by atomic mass is 10.1. The summed E-state index contributed by atoms with van der Waals surface area (Å²) >= 11 is 0. The molecule has 1 atom stereocenters. The Labute approximate surface area is 129 Å². The number of amides is 1. The minimum Gasteiger partial charge on any atom is -0.355 e. The molecule has 2 aromatic rings. The number of hydrogen-bond acceptors (Lipinski definition) is 5. The van der Waals surface area contributed by atoms with Gasteiger partial charge in [-0.1, -0.05) is 6.07 Å². The maximum absolute atomic E-state index is 12.2. The molecule has 6 heteroatoms. The molecule has 0 aromatic carbocycles. The van der Waals surface area contributed by atoms with E-state index in [1.54, 1.807) is 6.20 Å². The first-order valence-electron chi connectivity index (χ1n) is 7.48. The van der Waals surface area contributed by atoms with Crippen molar-refractivity contribution in [3.05, 3.63) is 48.2 Å². The molecule has 1 amide bonds. The van der Waals surface area contributed by atoms with Gasteiger partial charge in [-0.2, -0.15) is 0 Å². The van der Waals surface area contributed by atoms with Gasteiger partial charge in [0.15, 0.2) is 0 Å². The SMILES string of the molecule is Cc1cccc(N2CCC[C@H](NC(=O)c3cnccn3)C2)n1. The van der Waals surface area contributed by atoms with E-state index in [2.05, 4.69) is 25.2 Å². The number of anilines is 1. The first-order valence-corrected chi connectivity index (χ1v) is 7.48. The van der Waals surface area contributed by atoms with Gasteiger partial charge in [-0.05, 0) is 31.9 Å². The van der Waals surface area contributed by atoms with E-state index in [4.69, 9.17) is 0 Å². The van der Waals surface area contributed by atoms with Gasteiger partial charge < -0.3 is 10.2 Å². The predicted octanol–water partition coefficient (Wildman–Crippen LogP) is 1.58. The van der Waals surface area contributed by atoms with Crippen LogP contribution in [-0.2, 0) is 0 Å². The lowest BCUT2D eigenvalue weighted by Gasteiger charge is -2.34. The summed E-state index contributed by atoms with van der Waals surface area (Å²) in [5, 5.41) is 3.04. The molecule has 0 aliphatic carbocycles. The van der Waals surface area contributed by atoms with Gasteiger partial charge in [0.25, 0.3) is 5.91 Å². The second-order valence-electron chi connectivity index (χ2n) is 5.49. The van der Waals surface area contributed by atoms with Gasteiger partial charge in [0.2, 0.25) is 0 Å². The Kier molecular flexibility index (Phi) is 4.27. The van der Waals surface area contributed by atoms with Crippen molar-refractivity contribution in [3.63, 3.8) is 0 Å². The van der Waals surface area contributed by atoms with Crippen LogP contribution in [0.25, 0.3) is 0 Å². The lowest BCUT2D eigenvalue weighted by Crippen LogP contribution is -2.48. The molecule has 1 saturated heterocycles. The third kappa shape index (κ3) is 3.39. The van der Waals surface area contributed by atoms with E-state index in [1.165, 1.54) is 12.4 Å². The highest BCUT2D eigenvalue weighted by Crippen LogP contribution is 2.18. The van der Waals surface area contributed by atoms with Crippen LogP contribution in [0.2, 0.25) is 0 Å². The van der Waals surface area contributed by atoms with Crippen LogP contribution >= 0.6 is 0 Å². The van der Waals surface area contributed by atoms with Crippen molar-refractivity contribution in [2.24, 2.45) is 0 Å². The van der Waals surface area contributed by atoms with Crippen molar-refractivity contribution in [1.82, 2.24) is 20.3 Å². The quantitative estimate of drug-likeness (QED) is 0.931. The minimum atomic E-state index is -0.169. The highest BCUT2D eigenvalue weighted by Gasteiger charge is 2.23. The largest absolute Gasteiger partial charge is 0.355 e. The molecule has 114 valence electrons. The second-order valence-corrected chi connectivity index (χ2v) is 5.49. The summed E-state index contributed by atoms with van der Waals surface area (Å²) in [4.78, 5) is 26.9. The number of aromatic nitrogens is 3. The van der Waals surface area contributed by atoms with E-state index in [9.17, 15) is 4.79 Å². The number of carbonyl (C=O) groups excluding carboxylic acids is 1. The van der Waals surface area contributed by atoms with Crippen LogP contribution in [-0.4, -0.2) is 40.0 Å². The van der Waals surface area contributed by atoms with E-state index in [0.29, 0.717) is 5.69 Å². The number of rotatable bonds is 3. The number of piperidine rings is 1. The van der Waals surface area contributed by atoms with Crippen LogP contribution in [0, 0.1) is 6.92 Å². The van der Waals surface area contributed by atoms with E-state index >= 15 is 0 Å². The Morgan fingerprint density at radius 2 is 2.27 bits per heavy atom. The Hall–Kier alpha value is -2.50. The van der Waals surface area contributed by atoms with E-state index in [0.717, 1.165) is 37.4 Å². The molecule has 1 N–H and O–H groups in total. The number of aryl methyl sites for hydroxylation is 1. The molecule has 22 heavy (non-hydrogen) atoms. The summed E-state index contributed by atoms with van der Waals surface area (Å²) in [7, 11) is 0. The highest BCUT2D eigenvalue weighted by atomic mass is 16.1. The van der Waals surface area contributed by atoms with Gasteiger partial charge in [0, 0.05) is 37.2 Å². The summed E-state index contributed by atoms with van der Waals surface area (Å²) < 4.78 is 0. The number of nitrogens with zero attached hydrogens (tertiary/aromatic N) is 4. The van der Waals surface area contributed by atoms with Crippen molar-refractivity contribution in [3.8, 4) is 0 Å². The molecule has 3 rings (SSSR count). The molecule has 6 nitrogen and oxygen atoms in total. The highest BCUT2D eigenvalue weighted by molar-refractivity contribution is 5.92. The molecule has 1 fully saturated rings. The van der Waals surface area contributed by atoms with Crippen LogP contribution in [0.3, 0.4) is 0 Å². The number of hydrogen-bond donors (Lipinski definition) is 1. The molecule has 0 radical (unpaired) electrons. The molecule has 0 unspecified atom stereocenters.